The summed E-state index contributed by atoms with van der Waals surface area (Å²) in [7, 11) is 1.64. The van der Waals surface area contributed by atoms with Crippen LogP contribution in [0.2, 0.25) is 0 Å². The first-order chi connectivity index (χ1) is 10.6. The van der Waals surface area contributed by atoms with Crippen LogP contribution in [0.25, 0.3) is 0 Å². The molecule has 0 fully saturated rings. The Balaban J connectivity index is 2.62. The van der Waals surface area contributed by atoms with Crippen LogP contribution >= 0.6 is 0 Å². The Morgan fingerprint density at radius 3 is 2.45 bits per heavy atom. The molecular weight excluding hydrogens is 280 g/mol. The van der Waals surface area contributed by atoms with E-state index in [1.807, 2.05) is 24.3 Å². The topological polar surface area (TPSA) is 81.4 Å². The molecule has 1 amide bonds. The Hall–Kier alpha value is -1.72. The van der Waals surface area contributed by atoms with Crippen molar-refractivity contribution < 1.29 is 14.3 Å². The third-order valence-corrected chi connectivity index (χ3v) is 3.44. The first-order valence-corrected chi connectivity index (χ1v) is 7.65. The molecule has 0 aliphatic carbocycles. The lowest BCUT2D eigenvalue weighted by molar-refractivity contribution is -0.125. The van der Waals surface area contributed by atoms with Gasteiger partial charge in [0.1, 0.15) is 5.78 Å². The molecule has 22 heavy (non-hydrogen) atoms. The molecule has 0 aliphatic heterocycles. The van der Waals surface area contributed by atoms with Gasteiger partial charge >= 0.3 is 0 Å². The van der Waals surface area contributed by atoms with E-state index in [1.54, 1.807) is 7.11 Å². The molecule has 1 aromatic carbocycles. The van der Waals surface area contributed by atoms with Gasteiger partial charge in [-0.3, -0.25) is 4.79 Å². The van der Waals surface area contributed by atoms with Crippen LogP contribution in [0.4, 0.5) is 5.69 Å². The molecule has 0 spiro atoms. The second kappa shape index (κ2) is 10.1. The number of rotatable bonds is 10. The molecule has 0 heterocycles. The highest BCUT2D eigenvalue weighted by Gasteiger charge is 2.20. The number of anilines is 1. The van der Waals surface area contributed by atoms with E-state index < -0.39 is 0 Å². The zero-order valence-electron chi connectivity index (χ0n) is 13.4. The normalized spacial score (nSPS) is 12.0. The molecule has 1 rings (SSSR count). The summed E-state index contributed by atoms with van der Waals surface area (Å²) in [6.45, 7) is 2.67. The molecule has 0 saturated heterocycles. The monoisotopic (exact) mass is 306 g/mol. The van der Waals surface area contributed by atoms with Crippen molar-refractivity contribution in [1.82, 2.24) is 0 Å². The lowest BCUT2D eigenvalue weighted by Gasteiger charge is -2.15. The van der Waals surface area contributed by atoms with Gasteiger partial charge < -0.3 is 20.6 Å². The smallest absolute Gasteiger partial charge is 0.227 e. The number of ether oxygens (including phenoxy) is 1. The number of ketones is 1. The van der Waals surface area contributed by atoms with Crippen LogP contribution in [0, 0.1) is 5.92 Å². The maximum Gasteiger partial charge on any atom is 0.227 e. The fourth-order valence-corrected chi connectivity index (χ4v) is 2.30. The number of nitrogens with two attached hydrogens (primary N) is 1. The van der Waals surface area contributed by atoms with Gasteiger partial charge in [0.15, 0.2) is 0 Å². The lowest BCUT2D eigenvalue weighted by Crippen LogP contribution is -2.25. The molecule has 1 atom stereocenters. The van der Waals surface area contributed by atoms with Crippen molar-refractivity contribution in [2.45, 2.75) is 39.2 Å². The molecule has 0 aromatic heterocycles. The zero-order valence-corrected chi connectivity index (χ0v) is 13.4. The number of hydrogen-bond acceptors (Lipinski definition) is 4. The van der Waals surface area contributed by atoms with Crippen LogP contribution in [0.3, 0.4) is 0 Å². The predicted octanol–water partition coefficient (Wildman–Crippen LogP) is 2.50. The molecule has 5 heteroatoms. The van der Waals surface area contributed by atoms with E-state index in [0.717, 1.165) is 24.1 Å². The summed E-state index contributed by atoms with van der Waals surface area (Å²) in [6.07, 6.45) is 2.69. The molecular formula is C17H26N2O3. The van der Waals surface area contributed by atoms with E-state index >= 15 is 0 Å². The largest absolute Gasteiger partial charge is 0.380 e. The summed E-state index contributed by atoms with van der Waals surface area (Å²) in [4.78, 5) is 23.7. The number of amides is 1. The van der Waals surface area contributed by atoms with Crippen molar-refractivity contribution >= 4 is 17.4 Å². The Kier molecular flexibility index (Phi) is 8.40. The van der Waals surface area contributed by atoms with Crippen molar-refractivity contribution in [2.24, 2.45) is 11.7 Å². The number of methoxy groups -OCH3 is 1. The molecule has 0 saturated carbocycles. The molecule has 0 radical (unpaired) electrons. The van der Waals surface area contributed by atoms with E-state index in [9.17, 15) is 9.59 Å². The van der Waals surface area contributed by atoms with E-state index in [-0.39, 0.29) is 24.0 Å². The Morgan fingerprint density at radius 2 is 1.91 bits per heavy atom. The van der Waals surface area contributed by atoms with Crippen LogP contribution in [0.1, 0.15) is 38.2 Å². The Morgan fingerprint density at radius 1 is 1.23 bits per heavy atom. The van der Waals surface area contributed by atoms with Gasteiger partial charge in [-0.05, 0) is 44.0 Å². The standard InChI is InChI=1S/C17H26N2O3/c1-13(20)11-15(5-3-4-10-18)17(21)19-16-8-6-14(7-9-16)12-22-2/h6-9,15H,3-5,10-12,18H2,1-2H3,(H,19,21). The van der Waals surface area contributed by atoms with Gasteiger partial charge in [0.2, 0.25) is 5.91 Å². The van der Waals surface area contributed by atoms with Crippen molar-refractivity contribution in [1.29, 1.82) is 0 Å². The molecule has 0 bridgehead atoms. The Labute approximate surface area is 132 Å². The highest BCUT2D eigenvalue weighted by Crippen LogP contribution is 2.17. The fraction of sp³-hybridized carbons (Fsp3) is 0.529. The molecule has 3 N–H and O–H groups in total. The van der Waals surface area contributed by atoms with Crippen LogP contribution in [0.5, 0.6) is 0 Å². The predicted molar refractivity (Wildman–Crippen MR) is 87.5 cm³/mol. The maximum atomic E-state index is 12.3. The minimum absolute atomic E-state index is 0.0309. The summed E-state index contributed by atoms with van der Waals surface area (Å²) >= 11 is 0. The lowest BCUT2D eigenvalue weighted by atomic mass is 9.95. The summed E-state index contributed by atoms with van der Waals surface area (Å²) in [5.74, 6) is -0.363. The third kappa shape index (κ3) is 6.83. The second-order valence-electron chi connectivity index (χ2n) is 5.51. The van der Waals surface area contributed by atoms with E-state index in [1.165, 1.54) is 6.92 Å². The number of benzene rings is 1. The molecule has 122 valence electrons. The number of Topliss-reactive ketones (excluding diaryl/α,β-unsaturated/α-hetero) is 1. The maximum absolute atomic E-state index is 12.3. The van der Waals surface area contributed by atoms with Gasteiger partial charge in [0.25, 0.3) is 0 Å². The van der Waals surface area contributed by atoms with Crippen molar-refractivity contribution in [3.8, 4) is 0 Å². The zero-order chi connectivity index (χ0) is 16.4. The average Bonchev–Trinajstić information content (AvgIpc) is 2.48. The minimum atomic E-state index is -0.289. The molecule has 1 aromatic rings. The number of unbranched alkanes of at least 4 members (excludes halogenated alkanes) is 1. The van der Waals surface area contributed by atoms with E-state index in [0.29, 0.717) is 19.6 Å². The van der Waals surface area contributed by atoms with Gasteiger partial charge in [-0.25, -0.2) is 0 Å². The molecule has 1 unspecified atom stereocenters. The van der Waals surface area contributed by atoms with E-state index in [4.69, 9.17) is 10.5 Å². The van der Waals surface area contributed by atoms with Gasteiger partial charge in [0, 0.05) is 25.1 Å². The summed E-state index contributed by atoms with van der Waals surface area (Å²) in [6, 6.07) is 7.51. The quantitative estimate of drug-likeness (QED) is 0.651. The highest BCUT2D eigenvalue weighted by atomic mass is 16.5. The minimum Gasteiger partial charge on any atom is -0.380 e. The van der Waals surface area contributed by atoms with Gasteiger partial charge in [0.05, 0.1) is 6.61 Å². The number of nitrogens with one attached hydrogen (secondary N) is 1. The second-order valence-corrected chi connectivity index (χ2v) is 5.51. The van der Waals surface area contributed by atoms with Crippen LogP contribution in [0.15, 0.2) is 24.3 Å². The summed E-state index contributed by atoms with van der Waals surface area (Å²) in [5, 5.41) is 2.88. The van der Waals surface area contributed by atoms with Crippen LogP contribution in [-0.2, 0) is 20.9 Å². The number of carbonyl (C=O) groups is 2. The first-order valence-electron chi connectivity index (χ1n) is 7.65. The van der Waals surface area contributed by atoms with Gasteiger partial charge in [-0.1, -0.05) is 18.6 Å². The van der Waals surface area contributed by atoms with Gasteiger partial charge in [-0.2, -0.15) is 0 Å². The summed E-state index contributed by atoms with van der Waals surface area (Å²) in [5.41, 5.74) is 7.26. The number of carbonyl (C=O) groups excluding carboxylic acids is 2. The van der Waals surface area contributed by atoms with Crippen molar-refractivity contribution in [2.75, 3.05) is 19.0 Å². The van der Waals surface area contributed by atoms with Crippen molar-refractivity contribution in [3.05, 3.63) is 29.8 Å². The Bertz CT molecular complexity index is 471. The SMILES string of the molecule is COCc1ccc(NC(=O)C(CCCCN)CC(C)=O)cc1. The third-order valence-electron chi connectivity index (χ3n) is 3.44. The molecule has 5 nitrogen and oxygen atoms in total. The summed E-state index contributed by atoms with van der Waals surface area (Å²) < 4.78 is 5.05. The van der Waals surface area contributed by atoms with Crippen LogP contribution < -0.4 is 11.1 Å². The highest BCUT2D eigenvalue weighted by molar-refractivity contribution is 5.95. The fourth-order valence-electron chi connectivity index (χ4n) is 2.30. The van der Waals surface area contributed by atoms with E-state index in [2.05, 4.69) is 5.32 Å². The molecule has 0 aliphatic rings. The van der Waals surface area contributed by atoms with Crippen molar-refractivity contribution in [3.63, 3.8) is 0 Å². The average molecular weight is 306 g/mol. The number of hydrogen-bond donors (Lipinski definition) is 2. The first kappa shape index (κ1) is 18.3. The van der Waals surface area contributed by atoms with Gasteiger partial charge in [-0.15, -0.1) is 0 Å². The van der Waals surface area contributed by atoms with Crippen LogP contribution in [-0.4, -0.2) is 25.3 Å².